The molecule has 0 heterocycles. The first-order valence-corrected chi connectivity index (χ1v) is 4.00. The van der Waals surface area contributed by atoms with Gasteiger partial charge in [0.25, 0.3) is 0 Å². The number of rotatable bonds is 5. The molecule has 1 atom stereocenters. The molecule has 0 aliphatic carbocycles. The minimum Gasteiger partial charge on any atom is -0.505 e. The topological polar surface area (TPSA) is 9.23 Å². The van der Waals surface area contributed by atoms with Gasteiger partial charge in [0.1, 0.15) is 0 Å². The van der Waals surface area contributed by atoms with Crippen LogP contribution in [0.1, 0.15) is 33.1 Å². The van der Waals surface area contributed by atoms with E-state index < -0.39 is 0 Å². The van der Waals surface area contributed by atoms with Crippen molar-refractivity contribution in [2.24, 2.45) is 5.92 Å². The average molecular weight is 142 g/mol. The lowest BCUT2D eigenvalue weighted by Gasteiger charge is -2.02. The molecule has 0 amide bonds. The largest absolute Gasteiger partial charge is 0.505 e. The van der Waals surface area contributed by atoms with Crippen molar-refractivity contribution >= 4 is 0 Å². The Morgan fingerprint density at radius 2 is 2.20 bits per heavy atom. The van der Waals surface area contributed by atoms with E-state index in [2.05, 4.69) is 19.9 Å². The van der Waals surface area contributed by atoms with Crippen molar-refractivity contribution in [3.63, 3.8) is 0 Å². The zero-order valence-corrected chi connectivity index (χ0v) is 7.26. The van der Waals surface area contributed by atoms with Gasteiger partial charge in [-0.25, -0.2) is 0 Å². The molecule has 0 aromatic carbocycles. The minimum absolute atomic E-state index is 0.667. The standard InChI is InChI=1S/C9H18O/c1-4-5-6-9(2)7-8-10-3/h7-9H,4-6H2,1-3H3/b8-7+. The van der Waals surface area contributed by atoms with Crippen LogP contribution in [0.3, 0.4) is 0 Å². The molecule has 0 aromatic rings. The summed E-state index contributed by atoms with van der Waals surface area (Å²) in [5, 5.41) is 0. The monoisotopic (exact) mass is 142 g/mol. The maximum Gasteiger partial charge on any atom is 0.0787 e. The number of hydrogen-bond acceptors (Lipinski definition) is 1. The first-order valence-electron chi connectivity index (χ1n) is 4.00. The van der Waals surface area contributed by atoms with Gasteiger partial charge in [-0.3, -0.25) is 0 Å². The molecule has 0 aliphatic heterocycles. The molecule has 1 nitrogen and oxygen atoms in total. The van der Waals surface area contributed by atoms with E-state index in [0.717, 1.165) is 0 Å². The highest BCUT2D eigenvalue weighted by Gasteiger charge is 1.93. The maximum atomic E-state index is 4.81. The van der Waals surface area contributed by atoms with Gasteiger partial charge in [0.05, 0.1) is 13.4 Å². The van der Waals surface area contributed by atoms with Gasteiger partial charge in [0, 0.05) is 0 Å². The Morgan fingerprint density at radius 1 is 1.50 bits per heavy atom. The third-order valence-corrected chi connectivity index (χ3v) is 1.56. The smallest absolute Gasteiger partial charge is 0.0787 e. The van der Waals surface area contributed by atoms with Crippen LogP contribution in [0.15, 0.2) is 12.3 Å². The van der Waals surface area contributed by atoms with Crippen LogP contribution >= 0.6 is 0 Å². The second-order valence-corrected chi connectivity index (χ2v) is 2.68. The molecule has 0 radical (unpaired) electrons. The van der Waals surface area contributed by atoms with Crippen LogP contribution in [0.25, 0.3) is 0 Å². The molecular weight excluding hydrogens is 124 g/mol. The lowest BCUT2D eigenvalue weighted by atomic mass is 10.1. The second kappa shape index (κ2) is 6.66. The summed E-state index contributed by atoms with van der Waals surface area (Å²) in [4.78, 5) is 0. The van der Waals surface area contributed by atoms with Gasteiger partial charge in [0.15, 0.2) is 0 Å². The molecule has 0 rings (SSSR count). The SMILES string of the molecule is CCCCC(C)/C=C/OC. The molecule has 0 fully saturated rings. The molecule has 0 saturated carbocycles. The van der Waals surface area contributed by atoms with Gasteiger partial charge < -0.3 is 4.74 Å². The van der Waals surface area contributed by atoms with Crippen LogP contribution in [0, 0.1) is 5.92 Å². The van der Waals surface area contributed by atoms with Crippen LogP contribution in [-0.2, 0) is 4.74 Å². The lowest BCUT2D eigenvalue weighted by Crippen LogP contribution is -1.88. The fraction of sp³-hybridized carbons (Fsp3) is 0.778. The molecule has 1 unspecified atom stereocenters. The fourth-order valence-corrected chi connectivity index (χ4v) is 0.835. The van der Waals surface area contributed by atoms with Crippen LogP contribution in [0.4, 0.5) is 0 Å². The summed E-state index contributed by atoms with van der Waals surface area (Å²) < 4.78 is 4.81. The Kier molecular flexibility index (Phi) is 6.35. The van der Waals surface area contributed by atoms with Crippen molar-refractivity contribution in [2.75, 3.05) is 7.11 Å². The Labute approximate surface area is 64.1 Å². The quantitative estimate of drug-likeness (QED) is 0.536. The Balaban J connectivity index is 3.24. The van der Waals surface area contributed by atoms with Crippen molar-refractivity contribution in [3.05, 3.63) is 12.3 Å². The van der Waals surface area contributed by atoms with Crippen molar-refractivity contribution < 1.29 is 4.74 Å². The van der Waals surface area contributed by atoms with E-state index >= 15 is 0 Å². The lowest BCUT2D eigenvalue weighted by molar-refractivity contribution is 0.333. The van der Waals surface area contributed by atoms with Crippen molar-refractivity contribution in [3.8, 4) is 0 Å². The van der Waals surface area contributed by atoms with Gasteiger partial charge in [-0.15, -0.1) is 0 Å². The molecule has 60 valence electrons. The van der Waals surface area contributed by atoms with Crippen molar-refractivity contribution in [1.29, 1.82) is 0 Å². The van der Waals surface area contributed by atoms with E-state index in [0.29, 0.717) is 5.92 Å². The Hall–Kier alpha value is -0.460. The summed E-state index contributed by atoms with van der Waals surface area (Å²) in [7, 11) is 1.68. The zero-order chi connectivity index (χ0) is 7.82. The first-order chi connectivity index (χ1) is 4.81. The molecule has 0 N–H and O–H groups in total. The van der Waals surface area contributed by atoms with Gasteiger partial charge >= 0.3 is 0 Å². The molecule has 0 saturated heterocycles. The van der Waals surface area contributed by atoms with E-state index in [-0.39, 0.29) is 0 Å². The molecule has 0 bridgehead atoms. The van der Waals surface area contributed by atoms with E-state index in [4.69, 9.17) is 4.74 Å². The number of ether oxygens (including phenoxy) is 1. The predicted octanol–water partition coefficient (Wildman–Crippen LogP) is 2.97. The fourth-order valence-electron chi connectivity index (χ4n) is 0.835. The van der Waals surface area contributed by atoms with E-state index in [1.807, 2.05) is 0 Å². The normalized spacial score (nSPS) is 13.9. The van der Waals surface area contributed by atoms with Gasteiger partial charge in [-0.05, 0) is 18.4 Å². The van der Waals surface area contributed by atoms with Crippen LogP contribution < -0.4 is 0 Å². The van der Waals surface area contributed by atoms with Crippen LogP contribution in [0.5, 0.6) is 0 Å². The number of allylic oxidation sites excluding steroid dienone is 1. The maximum absolute atomic E-state index is 4.81. The number of methoxy groups -OCH3 is 1. The predicted molar refractivity (Wildman–Crippen MR) is 44.8 cm³/mol. The Morgan fingerprint density at radius 3 is 2.70 bits per heavy atom. The summed E-state index contributed by atoms with van der Waals surface area (Å²) in [6, 6.07) is 0. The Bertz CT molecular complexity index is 86.7. The summed E-state index contributed by atoms with van der Waals surface area (Å²) >= 11 is 0. The third kappa shape index (κ3) is 5.67. The van der Waals surface area contributed by atoms with Gasteiger partial charge in [-0.1, -0.05) is 26.7 Å². The molecule has 0 aromatic heterocycles. The number of unbranched alkanes of at least 4 members (excludes halogenated alkanes) is 1. The van der Waals surface area contributed by atoms with Crippen molar-refractivity contribution in [2.45, 2.75) is 33.1 Å². The highest BCUT2D eigenvalue weighted by Crippen LogP contribution is 2.08. The molecule has 0 spiro atoms. The van der Waals surface area contributed by atoms with Gasteiger partial charge in [0.2, 0.25) is 0 Å². The highest BCUT2D eigenvalue weighted by atomic mass is 16.5. The highest BCUT2D eigenvalue weighted by molar-refractivity contribution is 4.79. The number of hydrogen-bond donors (Lipinski definition) is 0. The molecule has 1 heteroatoms. The summed E-state index contributed by atoms with van der Waals surface area (Å²) in [6.45, 7) is 4.43. The minimum atomic E-state index is 0.667. The van der Waals surface area contributed by atoms with E-state index in [1.165, 1.54) is 19.3 Å². The summed E-state index contributed by atoms with van der Waals surface area (Å²) in [5.41, 5.74) is 0. The summed E-state index contributed by atoms with van der Waals surface area (Å²) in [5.74, 6) is 0.667. The molecular formula is C9H18O. The molecule has 0 aliphatic rings. The zero-order valence-electron chi connectivity index (χ0n) is 7.26. The second-order valence-electron chi connectivity index (χ2n) is 2.68. The summed E-state index contributed by atoms with van der Waals surface area (Å²) in [6.07, 6.45) is 7.74. The van der Waals surface area contributed by atoms with E-state index in [1.54, 1.807) is 13.4 Å². The average Bonchev–Trinajstić information content (AvgIpc) is 1.97. The first kappa shape index (κ1) is 9.54. The van der Waals surface area contributed by atoms with Crippen molar-refractivity contribution in [1.82, 2.24) is 0 Å². The molecule has 10 heavy (non-hydrogen) atoms. The third-order valence-electron chi connectivity index (χ3n) is 1.56. The van der Waals surface area contributed by atoms with E-state index in [9.17, 15) is 0 Å². The van der Waals surface area contributed by atoms with Gasteiger partial charge in [-0.2, -0.15) is 0 Å². The van der Waals surface area contributed by atoms with Crippen LogP contribution in [-0.4, -0.2) is 7.11 Å². The van der Waals surface area contributed by atoms with Crippen LogP contribution in [0.2, 0.25) is 0 Å².